The summed E-state index contributed by atoms with van der Waals surface area (Å²) in [4.78, 5) is 12.4. The molecule has 4 rings (SSSR count). The summed E-state index contributed by atoms with van der Waals surface area (Å²) in [5, 5.41) is 11.2. The minimum atomic E-state index is -3.28. The summed E-state index contributed by atoms with van der Waals surface area (Å²) in [6.45, 7) is 0.449. The van der Waals surface area contributed by atoms with Crippen LogP contribution in [0.15, 0.2) is 36.4 Å². The summed E-state index contributed by atoms with van der Waals surface area (Å²) in [6, 6.07) is 10.2. The molecule has 146 valence electrons. The van der Waals surface area contributed by atoms with Gasteiger partial charge in [0.1, 0.15) is 0 Å². The molecule has 3 aromatic rings. The molecule has 0 unspecified atom stereocenters. The molecule has 0 bridgehead atoms. The Morgan fingerprint density at radius 1 is 1.18 bits per heavy atom. The average Bonchev–Trinajstić information content (AvgIpc) is 3.20. The van der Waals surface area contributed by atoms with Gasteiger partial charge < -0.3 is 5.32 Å². The molecule has 0 atom stereocenters. The number of fused-ring (bicyclic) bond motifs is 1. The van der Waals surface area contributed by atoms with Crippen LogP contribution in [-0.2, 0) is 21.2 Å². The smallest absolute Gasteiger partial charge is 0.235 e. The molecule has 10 heteroatoms. The molecule has 1 fully saturated rings. The number of hydrogen-bond donors (Lipinski definition) is 2. The third-order valence-electron chi connectivity index (χ3n) is 4.54. The number of amides is 1. The molecule has 1 aliphatic rings. The number of halogens is 2. The maximum absolute atomic E-state index is 12.4. The Morgan fingerprint density at radius 2 is 2.00 bits per heavy atom. The van der Waals surface area contributed by atoms with Crippen molar-refractivity contribution in [1.29, 1.82) is 0 Å². The Balaban J connectivity index is 1.57. The average molecular weight is 439 g/mol. The molecule has 1 saturated heterocycles. The summed E-state index contributed by atoms with van der Waals surface area (Å²) in [5.41, 5.74) is 1.98. The third kappa shape index (κ3) is 3.67. The lowest BCUT2D eigenvalue weighted by Crippen LogP contribution is -2.24. The zero-order chi connectivity index (χ0) is 19.9. The second kappa shape index (κ2) is 7.27. The van der Waals surface area contributed by atoms with Crippen LogP contribution in [0.2, 0.25) is 10.0 Å². The van der Waals surface area contributed by atoms with Crippen LogP contribution < -0.4 is 9.62 Å². The molecule has 7 nitrogen and oxygen atoms in total. The predicted octanol–water partition coefficient (Wildman–Crippen LogP) is 3.59. The summed E-state index contributed by atoms with van der Waals surface area (Å²) >= 11 is 11.9. The van der Waals surface area contributed by atoms with Gasteiger partial charge >= 0.3 is 0 Å². The van der Waals surface area contributed by atoms with Crippen LogP contribution in [-0.4, -0.2) is 36.8 Å². The second-order valence-electron chi connectivity index (χ2n) is 6.52. The molecule has 0 radical (unpaired) electrons. The predicted molar refractivity (Wildman–Crippen MR) is 111 cm³/mol. The molecule has 0 saturated carbocycles. The van der Waals surface area contributed by atoms with E-state index in [1.54, 1.807) is 36.4 Å². The Labute approximate surface area is 171 Å². The number of anilines is 2. The normalized spacial score (nSPS) is 15.9. The van der Waals surface area contributed by atoms with E-state index >= 15 is 0 Å². The first-order valence-corrected chi connectivity index (χ1v) is 10.9. The molecular formula is C18H16Cl2N4O3S. The highest BCUT2D eigenvalue weighted by atomic mass is 35.5. The highest BCUT2D eigenvalue weighted by molar-refractivity contribution is 7.93. The van der Waals surface area contributed by atoms with Gasteiger partial charge in [-0.1, -0.05) is 29.3 Å². The second-order valence-corrected chi connectivity index (χ2v) is 9.34. The fourth-order valence-electron chi connectivity index (χ4n) is 3.19. The van der Waals surface area contributed by atoms with E-state index in [0.29, 0.717) is 45.4 Å². The number of sulfonamides is 1. The van der Waals surface area contributed by atoms with Gasteiger partial charge in [-0.05, 0) is 42.3 Å². The molecule has 2 heterocycles. The van der Waals surface area contributed by atoms with Crippen LogP contribution in [0.1, 0.15) is 12.0 Å². The van der Waals surface area contributed by atoms with Gasteiger partial charge in [0.05, 0.1) is 33.4 Å². The fraction of sp³-hybridized carbons (Fsp3) is 0.222. The van der Waals surface area contributed by atoms with E-state index in [4.69, 9.17) is 23.2 Å². The van der Waals surface area contributed by atoms with Crippen molar-refractivity contribution in [2.24, 2.45) is 0 Å². The summed E-state index contributed by atoms with van der Waals surface area (Å²) in [5.74, 6) is 0.216. The van der Waals surface area contributed by atoms with E-state index in [9.17, 15) is 13.2 Å². The topological polar surface area (TPSA) is 95.2 Å². The molecule has 2 N–H and O–H groups in total. The molecule has 1 amide bonds. The number of aromatic nitrogens is 2. The Hall–Kier alpha value is -2.29. The van der Waals surface area contributed by atoms with Crippen molar-refractivity contribution in [2.75, 3.05) is 21.9 Å². The fourth-order valence-corrected chi connectivity index (χ4v) is 5.07. The maximum atomic E-state index is 12.4. The molecule has 2 aromatic carbocycles. The van der Waals surface area contributed by atoms with Crippen LogP contribution in [0.3, 0.4) is 0 Å². The largest absolute Gasteiger partial charge is 0.308 e. The minimum absolute atomic E-state index is 0.103. The first kappa shape index (κ1) is 19.0. The van der Waals surface area contributed by atoms with Gasteiger partial charge in [0.15, 0.2) is 5.82 Å². The third-order valence-corrected chi connectivity index (χ3v) is 7.15. The molecule has 1 aliphatic heterocycles. The number of nitrogens with zero attached hydrogens (tertiary/aromatic N) is 2. The summed E-state index contributed by atoms with van der Waals surface area (Å²) in [7, 11) is -3.28. The van der Waals surface area contributed by atoms with Gasteiger partial charge in [-0.15, -0.1) is 0 Å². The van der Waals surface area contributed by atoms with E-state index in [0.717, 1.165) is 5.56 Å². The first-order chi connectivity index (χ1) is 13.3. The van der Waals surface area contributed by atoms with E-state index in [1.807, 2.05) is 0 Å². The van der Waals surface area contributed by atoms with Gasteiger partial charge in [0, 0.05) is 11.9 Å². The van der Waals surface area contributed by atoms with Crippen molar-refractivity contribution in [3.63, 3.8) is 0 Å². The standard InChI is InChI=1S/C18H16Cl2N4O3S/c19-14-4-2-11(8-15(14)20)9-17(25)21-18-13-10-12(3-5-16(13)22-23-18)24-6-1-7-28(24,26)27/h2-5,8,10H,1,6-7,9H2,(H2,21,22,23,25). The van der Waals surface area contributed by atoms with Gasteiger partial charge in [-0.3, -0.25) is 14.2 Å². The maximum Gasteiger partial charge on any atom is 0.235 e. The summed E-state index contributed by atoms with van der Waals surface area (Å²) in [6.07, 6.45) is 0.699. The first-order valence-electron chi connectivity index (χ1n) is 8.56. The van der Waals surface area contributed by atoms with E-state index in [1.165, 1.54) is 4.31 Å². The van der Waals surface area contributed by atoms with Crippen molar-refractivity contribution >= 4 is 61.5 Å². The van der Waals surface area contributed by atoms with Gasteiger partial charge in [-0.25, -0.2) is 8.42 Å². The number of nitrogens with one attached hydrogen (secondary N) is 2. The highest BCUT2D eigenvalue weighted by Crippen LogP contribution is 2.30. The monoisotopic (exact) mass is 438 g/mol. The van der Waals surface area contributed by atoms with E-state index in [-0.39, 0.29) is 18.1 Å². The number of aromatic amines is 1. The van der Waals surface area contributed by atoms with Crippen molar-refractivity contribution in [2.45, 2.75) is 12.8 Å². The van der Waals surface area contributed by atoms with Crippen molar-refractivity contribution in [3.8, 4) is 0 Å². The molecule has 0 spiro atoms. The van der Waals surface area contributed by atoms with Crippen molar-refractivity contribution in [1.82, 2.24) is 10.2 Å². The molecule has 0 aliphatic carbocycles. The van der Waals surface area contributed by atoms with Crippen LogP contribution in [0.5, 0.6) is 0 Å². The Morgan fingerprint density at radius 3 is 2.71 bits per heavy atom. The number of carbonyl (C=O) groups is 1. The number of carbonyl (C=O) groups excluding carboxylic acids is 1. The van der Waals surface area contributed by atoms with Gasteiger partial charge in [0.2, 0.25) is 15.9 Å². The van der Waals surface area contributed by atoms with Gasteiger partial charge in [0.25, 0.3) is 0 Å². The Bertz CT molecular complexity index is 1180. The molecule has 1 aromatic heterocycles. The quantitative estimate of drug-likeness (QED) is 0.650. The van der Waals surface area contributed by atoms with Gasteiger partial charge in [-0.2, -0.15) is 5.10 Å². The van der Waals surface area contributed by atoms with Crippen LogP contribution in [0.25, 0.3) is 10.9 Å². The van der Waals surface area contributed by atoms with Crippen LogP contribution >= 0.6 is 23.2 Å². The van der Waals surface area contributed by atoms with Crippen molar-refractivity contribution < 1.29 is 13.2 Å². The highest BCUT2D eigenvalue weighted by Gasteiger charge is 2.28. The molecule has 28 heavy (non-hydrogen) atoms. The van der Waals surface area contributed by atoms with E-state index < -0.39 is 10.0 Å². The molecular weight excluding hydrogens is 423 g/mol. The Kier molecular flexibility index (Phi) is 4.95. The number of hydrogen-bond acceptors (Lipinski definition) is 4. The minimum Gasteiger partial charge on any atom is -0.308 e. The zero-order valence-corrected chi connectivity index (χ0v) is 16.9. The van der Waals surface area contributed by atoms with E-state index in [2.05, 4.69) is 15.5 Å². The van der Waals surface area contributed by atoms with Crippen LogP contribution in [0.4, 0.5) is 11.5 Å². The lowest BCUT2D eigenvalue weighted by Gasteiger charge is -2.16. The number of benzene rings is 2. The zero-order valence-electron chi connectivity index (χ0n) is 14.6. The lowest BCUT2D eigenvalue weighted by atomic mass is 10.1. The van der Waals surface area contributed by atoms with Crippen LogP contribution in [0, 0.1) is 0 Å². The van der Waals surface area contributed by atoms with Crippen molar-refractivity contribution in [3.05, 3.63) is 52.0 Å². The number of H-pyrrole nitrogens is 1. The summed E-state index contributed by atoms with van der Waals surface area (Å²) < 4.78 is 25.7. The number of rotatable bonds is 4. The SMILES string of the molecule is O=C(Cc1ccc(Cl)c(Cl)c1)Nc1n[nH]c2ccc(N3CCCS3(=O)=O)cc12. The lowest BCUT2D eigenvalue weighted by molar-refractivity contribution is -0.115.